The first-order chi connectivity index (χ1) is 8.74. The number of nitriles is 1. The van der Waals surface area contributed by atoms with Gasteiger partial charge in [0.15, 0.2) is 0 Å². The van der Waals surface area contributed by atoms with Crippen LogP contribution in [0.4, 0.5) is 0 Å². The number of hydrogen-bond acceptors (Lipinski definition) is 2. The Morgan fingerprint density at radius 2 is 1.94 bits per heavy atom. The molecule has 0 aromatic heterocycles. The molecule has 0 aliphatic rings. The first-order valence-corrected chi connectivity index (χ1v) is 5.52. The number of allylic oxidation sites excluding steroid dienone is 1. The Kier molecular flexibility index (Phi) is 3.40. The number of rotatable bonds is 3. The largest absolute Gasteiger partial charge is 0.478 e. The number of carboxylic acid groups (broad SMARTS) is 1. The van der Waals surface area contributed by atoms with E-state index in [-0.39, 0.29) is 0 Å². The van der Waals surface area contributed by atoms with E-state index in [0.717, 1.165) is 10.9 Å². The highest BCUT2D eigenvalue weighted by Gasteiger charge is 2.08. The summed E-state index contributed by atoms with van der Waals surface area (Å²) >= 11 is 0. The molecule has 0 aliphatic heterocycles. The molecule has 88 valence electrons. The molecule has 0 saturated carbocycles. The van der Waals surface area contributed by atoms with E-state index in [0.29, 0.717) is 17.4 Å². The van der Waals surface area contributed by atoms with Crippen LogP contribution in [0.2, 0.25) is 0 Å². The molecule has 18 heavy (non-hydrogen) atoms. The lowest BCUT2D eigenvalue weighted by molar-refractivity contribution is 0.0699. The molecule has 1 N–H and O–H groups in total. The van der Waals surface area contributed by atoms with Crippen molar-refractivity contribution < 1.29 is 9.90 Å². The van der Waals surface area contributed by atoms with E-state index in [9.17, 15) is 4.79 Å². The maximum absolute atomic E-state index is 11.1. The second kappa shape index (κ2) is 5.15. The molecule has 0 amide bonds. The zero-order chi connectivity index (χ0) is 13.0. The number of aromatic carboxylic acids is 1. The minimum Gasteiger partial charge on any atom is -0.478 e. The first kappa shape index (κ1) is 11.9. The van der Waals surface area contributed by atoms with Crippen LogP contribution in [-0.4, -0.2) is 11.1 Å². The van der Waals surface area contributed by atoms with E-state index in [2.05, 4.69) is 0 Å². The van der Waals surface area contributed by atoms with Crippen molar-refractivity contribution in [1.82, 2.24) is 0 Å². The second-order valence-corrected chi connectivity index (χ2v) is 3.82. The van der Waals surface area contributed by atoms with Gasteiger partial charge in [-0.1, -0.05) is 42.5 Å². The molecule has 3 nitrogen and oxygen atoms in total. The predicted octanol–water partition coefficient (Wildman–Crippen LogP) is 3.46. The lowest BCUT2D eigenvalue weighted by Crippen LogP contribution is -1.97. The highest BCUT2D eigenvalue weighted by molar-refractivity contribution is 6.05. The Hall–Kier alpha value is -2.60. The highest BCUT2D eigenvalue weighted by Crippen LogP contribution is 2.23. The number of benzene rings is 2. The van der Waals surface area contributed by atoms with Gasteiger partial charge in [-0.2, -0.15) is 5.26 Å². The fourth-order valence-corrected chi connectivity index (χ4v) is 1.90. The zero-order valence-corrected chi connectivity index (χ0v) is 9.63. The molecule has 2 aromatic rings. The molecule has 0 atom stereocenters. The minimum absolute atomic E-state index is 0.294. The van der Waals surface area contributed by atoms with Crippen molar-refractivity contribution in [3.8, 4) is 6.07 Å². The van der Waals surface area contributed by atoms with E-state index in [1.807, 2.05) is 30.3 Å². The number of hydrogen-bond donors (Lipinski definition) is 1. The van der Waals surface area contributed by atoms with Crippen molar-refractivity contribution in [2.45, 2.75) is 6.42 Å². The molecule has 0 unspecified atom stereocenters. The molecular weight excluding hydrogens is 226 g/mol. The van der Waals surface area contributed by atoms with Crippen LogP contribution in [0.15, 0.2) is 42.5 Å². The van der Waals surface area contributed by atoms with Gasteiger partial charge in [-0.15, -0.1) is 0 Å². The summed E-state index contributed by atoms with van der Waals surface area (Å²) in [5, 5.41) is 19.2. The van der Waals surface area contributed by atoms with Crippen molar-refractivity contribution in [2.24, 2.45) is 0 Å². The Morgan fingerprint density at radius 1 is 1.22 bits per heavy atom. The lowest BCUT2D eigenvalue weighted by atomic mass is 10.00. The maximum atomic E-state index is 11.1. The van der Waals surface area contributed by atoms with Gasteiger partial charge in [0.05, 0.1) is 18.1 Å². The third kappa shape index (κ3) is 2.23. The summed E-state index contributed by atoms with van der Waals surface area (Å²) in [4.78, 5) is 11.1. The van der Waals surface area contributed by atoms with Crippen molar-refractivity contribution in [3.63, 3.8) is 0 Å². The third-order valence-corrected chi connectivity index (χ3v) is 2.69. The topological polar surface area (TPSA) is 61.1 Å². The van der Waals surface area contributed by atoms with Crippen molar-refractivity contribution in [1.29, 1.82) is 5.26 Å². The zero-order valence-electron chi connectivity index (χ0n) is 9.63. The Balaban J connectivity index is 2.61. The van der Waals surface area contributed by atoms with Crippen LogP contribution in [0.3, 0.4) is 0 Å². The van der Waals surface area contributed by atoms with Gasteiger partial charge < -0.3 is 5.11 Å². The van der Waals surface area contributed by atoms with Crippen molar-refractivity contribution >= 4 is 22.8 Å². The van der Waals surface area contributed by atoms with Crippen LogP contribution in [0.25, 0.3) is 16.8 Å². The van der Waals surface area contributed by atoms with Crippen molar-refractivity contribution in [3.05, 3.63) is 53.6 Å². The fraction of sp³-hybridized carbons (Fsp3) is 0.0667. The molecule has 3 heteroatoms. The van der Waals surface area contributed by atoms with E-state index >= 15 is 0 Å². The molecule has 2 aromatic carbocycles. The molecule has 0 radical (unpaired) electrons. The number of carbonyl (C=O) groups is 1. The van der Waals surface area contributed by atoms with Crippen LogP contribution >= 0.6 is 0 Å². The van der Waals surface area contributed by atoms with Crippen LogP contribution in [0.5, 0.6) is 0 Å². The summed E-state index contributed by atoms with van der Waals surface area (Å²) < 4.78 is 0. The molecule has 0 aliphatic carbocycles. The summed E-state index contributed by atoms with van der Waals surface area (Å²) in [6.07, 6.45) is 3.95. The van der Waals surface area contributed by atoms with Gasteiger partial charge in [0, 0.05) is 0 Å². The molecule has 0 spiro atoms. The molecular formula is C15H11NO2. The lowest BCUT2D eigenvalue weighted by Gasteiger charge is -2.05. The molecule has 0 fully saturated rings. The molecule has 0 bridgehead atoms. The maximum Gasteiger partial charge on any atom is 0.336 e. The van der Waals surface area contributed by atoms with Gasteiger partial charge in [-0.25, -0.2) is 4.79 Å². The quantitative estimate of drug-likeness (QED) is 0.889. The van der Waals surface area contributed by atoms with Crippen LogP contribution in [-0.2, 0) is 0 Å². The Labute approximate surface area is 105 Å². The standard InChI is InChI=1S/C15H11NO2/c16-10-2-1-5-11-6-3-8-13-12(11)7-4-9-14(13)15(17)18/h1,3-9H,2H2,(H,17,18). The van der Waals surface area contributed by atoms with E-state index in [1.54, 1.807) is 24.3 Å². The highest BCUT2D eigenvalue weighted by atomic mass is 16.4. The van der Waals surface area contributed by atoms with Gasteiger partial charge in [-0.05, 0) is 22.4 Å². The summed E-state index contributed by atoms with van der Waals surface area (Å²) in [6, 6.07) is 12.8. The second-order valence-electron chi connectivity index (χ2n) is 3.82. The summed E-state index contributed by atoms with van der Waals surface area (Å²) in [5.41, 5.74) is 1.22. The van der Waals surface area contributed by atoms with Crippen molar-refractivity contribution in [2.75, 3.05) is 0 Å². The van der Waals surface area contributed by atoms with Gasteiger partial charge in [-0.3, -0.25) is 0 Å². The first-order valence-electron chi connectivity index (χ1n) is 5.52. The Morgan fingerprint density at radius 3 is 2.67 bits per heavy atom. The van der Waals surface area contributed by atoms with Gasteiger partial charge in [0.1, 0.15) is 0 Å². The normalized spacial score (nSPS) is 10.6. The number of fused-ring (bicyclic) bond motifs is 1. The fourth-order valence-electron chi connectivity index (χ4n) is 1.90. The molecule has 2 rings (SSSR count). The summed E-state index contributed by atoms with van der Waals surface area (Å²) in [7, 11) is 0. The predicted molar refractivity (Wildman–Crippen MR) is 70.2 cm³/mol. The van der Waals surface area contributed by atoms with E-state index in [1.165, 1.54) is 0 Å². The number of nitrogens with zero attached hydrogens (tertiary/aromatic N) is 1. The Bertz CT molecular complexity index is 666. The minimum atomic E-state index is -0.932. The summed E-state index contributed by atoms with van der Waals surface area (Å²) in [5.74, 6) is -0.932. The smallest absolute Gasteiger partial charge is 0.336 e. The van der Waals surface area contributed by atoms with E-state index in [4.69, 9.17) is 10.4 Å². The summed E-state index contributed by atoms with van der Waals surface area (Å²) in [6.45, 7) is 0. The van der Waals surface area contributed by atoms with Gasteiger partial charge in [0.2, 0.25) is 0 Å². The van der Waals surface area contributed by atoms with Gasteiger partial charge >= 0.3 is 5.97 Å². The average molecular weight is 237 g/mol. The SMILES string of the molecule is N#CCC=Cc1cccc2c(C(=O)O)cccc12. The monoisotopic (exact) mass is 237 g/mol. The average Bonchev–Trinajstić information content (AvgIpc) is 2.38. The van der Waals surface area contributed by atoms with Gasteiger partial charge in [0.25, 0.3) is 0 Å². The molecule has 0 heterocycles. The third-order valence-electron chi connectivity index (χ3n) is 2.69. The van der Waals surface area contributed by atoms with E-state index < -0.39 is 5.97 Å². The molecule has 0 saturated heterocycles. The van der Waals surface area contributed by atoms with Crippen LogP contribution in [0, 0.1) is 11.3 Å². The number of carboxylic acids is 1. The van der Waals surface area contributed by atoms with Crippen LogP contribution in [0.1, 0.15) is 22.3 Å². The van der Waals surface area contributed by atoms with Crippen LogP contribution < -0.4 is 0 Å².